The number of carbonyl (C=O) groups is 1. The molecule has 0 fully saturated rings. The van der Waals surface area contributed by atoms with Crippen molar-refractivity contribution >= 4 is 11.7 Å². The summed E-state index contributed by atoms with van der Waals surface area (Å²) in [6, 6.07) is 4.89. The molecular formula is C12H17NO5. The number of nitrogens with two attached hydrogens (primary N) is 1. The normalized spacial score (nSPS) is 10.1. The SMILES string of the molecule is COc1cccc(C(=O)OCCOCCO)c1N. The second kappa shape index (κ2) is 7.52. The number of para-hydroxylation sites is 1. The third kappa shape index (κ3) is 3.90. The smallest absolute Gasteiger partial charge is 0.340 e. The quantitative estimate of drug-likeness (QED) is 0.417. The Hall–Kier alpha value is -1.79. The molecule has 0 heterocycles. The first-order chi connectivity index (χ1) is 8.70. The number of rotatable bonds is 7. The van der Waals surface area contributed by atoms with Crippen molar-refractivity contribution < 1.29 is 24.1 Å². The Balaban J connectivity index is 2.51. The van der Waals surface area contributed by atoms with Gasteiger partial charge in [-0.1, -0.05) is 6.07 Å². The summed E-state index contributed by atoms with van der Waals surface area (Å²) in [5, 5.41) is 8.48. The van der Waals surface area contributed by atoms with Crippen LogP contribution in [0.3, 0.4) is 0 Å². The highest BCUT2D eigenvalue weighted by molar-refractivity contribution is 5.96. The summed E-state index contributed by atoms with van der Waals surface area (Å²) in [6.45, 7) is 0.501. The van der Waals surface area contributed by atoms with E-state index in [1.165, 1.54) is 7.11 Å². The number of aliphatic hydroxyl groups excluding tert-OH is 1. The Morgan fingerprint density at radius 1 is 1.33 bits per heavy atom. The number of carbonyl (C=O) groups excluding carboxylic acids is 1. The zero-order valence-electron chi connectivity index (χ0n) is 10.2. The van der Waals surface area contributed by atoms with Crippen molar-refractivity contribution in [2.24, 2.45) is 0 Å². The van der Waals surface area contributed by atoms with Crippen LogP contribution in [0.4, 0.5) is 5.69 Å². The third-order valence-corrected chi connectivity index (χ3v) is 2.20. The van der Waals surface area contributed by atoms with E-state index in [-0.39, 0.29) is 37.7 Å². The van der Waals surface area contributed by atoms with E-state index in [4.69, 9.17) is 25.1 Å². The van der Waals surface area contributed by atoms with Crippen LogP contribution >= 0.6 is 0 Å². The fraction of sp³-hybridized carbons (Fsp3) is 0.417. The number of nitrogen functional groups attached to an aromatic ring is 1. The molecule has 3 N–H and O–H groups in total. The van der Waals surface area contributed by atoms with Gasteiger partial charge in [-0.05, 0) is 12.1 Å². The fourth-order valence-electron chi connectivity index (χ4n) is 1.34. The van der Waals surface area contributed by atoms with Crippen LogP contribution in [0, 0.1) is 0 Å². The maximum Gasteiger partial charge on any atom is 0.340 e. The molecule has 0 aliphatic rings. The van der Waals surface area contributed by atoms with Gasteiger partial charge in [-0.2, -0.15) is 0 Å². The predicted octanol–water partition coefficient (Wildman–Crippen LogP) is 0.443. The number of esters is 1. The average molecular weight is 255 g/mol. The molecule has 0 amide bonds. The minimum absolute atomic E-state index is 0.0588. The molecule has 0 radical (unpaired) electrons. The van der Waals surface area contributed by atoms with Gasteiger partial charge in [-0.3, -0.25) is 0 Å². The lowest BCUT2D eigenvalue weighted by Crippen LogP contribution is -2.13. The van der Waals surface area contributed by atoms with Crippen LogP contribution in [-0.2, 0) is 9.47 Å². The Kier molecular flexibility index (Phi) is 5.96. The minimum Gasteiger partial charge on any atom is -0.495 e. The van der Waals surface area contributed by atoms with Crippen LogP contribution in [0.1, 0.15) is 10.4 Å². The first kappa shape index (κ1) is 14.3. The fourth-order valence-corrected chi connectivity index (χ4v) is 1.34. The molecule has 0 unspecified atom stereocenters. The largest absolute Gasteiger partial charge is 0.495 e. The van der Waals surface area contributed by atoms with Gasteiger partial charge in [0.2, 0.25) is 0 Å². The topological polar surface area (TPSA) is 91.0 Å². The van der Waals surface area contributed by atoms with Gasteiger partial charge in [0.25, 0.3) is 0 Å². The van der Waals surface area contributed by atoms with Crippen molar-refractivity contribution in [3.63, 3.8) is 0 Å². The van der Waals surface area contributed by atoms with Crippen molar-refractivity contribution in [3.05, 3.63) is 23.8 Å². The number of hydrogen-bond acceptors (Lipinski definition) is 6. The lowest BCUT2D eigenvalue weighted by molar-refractivity contribution is 0.0259. The molecule has 100 valence electrons. The predicted molar refractivity (Wildman–Crippen MR) is 65.6 cm³/mol. The molecule has 0 aromatic heterocycles. The number of aliphatic hydroxyl groups is 1. The second-order valence-corrected chi connectivity index (χ2v) is 3.39. The van der Waals surface area contributed by atoms with Crippen molar-refractivity contribution in [1.82, 2.24) is 0 Å². The van der Waals surface area contributed by atoms with Crippen LogP contribution in [-0.4, -0.2) is 44.6 Å². The highest BCUT2D eigenvalue weighted by atomic mass is 16.6. The minimum atomic E-state index is -0.529. The van der Waals surface area contributed by atoms with E-state index in [2.05, 4.69) is 0 Å². The maximum absolute atomic E-state index is 11.7. The molecule has 0 bridgehead atoms. The lowest BCUT2D eigenvalue weighted by atomic mass is 10.1. The molecule has 0 atom stereocenters. The van der Waals surface area contributed by atoms with E-state index in [0.29, 0.717) is 5.75 Å². The van der Waals surface area contributed by atoms with Gasteiger partial charge >= 0.3 is 5.97 Å². The molecule has 0 spiro atoms. The summed E-state index contributed by atoms with van der Waals surface area (Å²) >= 11 is 0. The summed E-state index contributed by atoms with van der Waals surface area (Å²) < 4.78 is 14.9. The number of methoxy groups -OCH3 is 1. The van der Waals surface area contributed by atoms with Crippen molar-refractivity contribution in [2.75, 3.05) is 39.3 Å². The maximum atomic E-state index is 11.7. The summed E-state index contributed by atoms with van der Waals surface area (Å²) in [5.41, 5.74) is 6.27. The Morgan fingerprint density at radius 2 is 2.11 bits per heavy atom. The molecule has 0 saturated heterocycles. The molecule has 1 aromatic carbocycles. The van der Waals surface area contributed by atoms with Gasteiger partial charge in [0.05, 0.1) is 38.2 Å². The van der Waals surface area contributed by atoms with Gasteiger partial charge < -0.3 is 25.1 Å². The molecule has 6 heteroatoms. The van der Waals surface area contributed by atoms with E-state index in [1.807, 2.05) is 0 Å². The van der Waals surface area contributed by atoms with Gasteiger partial charge in [0, 0.05) is 0 Å². The molecular weight excluding hydrogens is 238 g/mol. The Morgan fingerprint density at radius 3 is 2.78 bits per heavy atom. The van der Waals surface area contributed by atoms with E-state index < -0.39 is 5.97 Å². The summed E-state index contributed by atoms with van der Waals surface area (Å²) in [6.07, 6.45) is 0. The van der Waals surface area contributed by atoms with E-state index in [1.54, 1.807) is 18.2 Å². The highest BCUT2D eigenvalue weighted by Gasteiger charge is 2.13. The van der Waals surface area contributed by atoms with Gasteiger partial charge in [-0.25, -0.2) is 4.79 Å². The van der Waals surface area contributed by atoms with Crippen LogP contribution in [0.5, 0.6) is 5.75 Å². The van der Waals surface area contributed by atoms with Crippen LogP contribution < -0.4 is 10.5 Å². The Bertz CT molecular complexity index is 394. The van der Waals surface area contributed by atoms with Crippen molar-refractivity contribution in [1.29, 1.82) is 0 Å². The standard InChI is InChI=1S/C12H17NO5/c1-16-10-4-2-3-9(11(10)13)12(15)18-8-7-17-6-5-14/h2-4,14H,5-8,13H2,1H3. The third-order valence-electron chi connectivity index (χ3n) is 2.20. The number of ether oxygens (including phenoxy) is 3. The van der Waals surface area contributed by atoms with Crippen molar-refractivity contribution in [2.45, 2.75) is 0 Å². The number of hydrogen-bond donors (Lipinski definition) is 2. The average Bonchev–Trinajstić information content (AvgIpc) is 2.38. The zero-order chi connectivity index (χ0) is 13.4. The van der Waals surface area contributed by atoms with Crippen LogP contribution in [0.25, 0.3) is 0 Å². The van der Waals surface area contributed by atoms with Crippen LogP contribution in [0.15, 0.2) is 18.2 Å². The number of anilines is 1. The van der Waals surface area contributed by atoms with Gasteiger partial charge in [-0.15, -0.1) is 0 Å². The van der Waals surface area contributed by atoms with Crippen LogP contribution in [0.2, 0.25) is 0 Å². The highest BCUT2D eigenvalue weighted by Crippen LogP contribution is 2.25. The van der Waals surface area contributed by atoms with E-state index in [9.17, 15) is 4.79 Å². The van der Waals surface area contributed by atoms with E-state index >= 15 is 0 Å². The van der Waals surface area contributed by atoms with Gasteiger partial charge in [0.15, 0.2) is 0 Å². The molecule has 0 aliphatic heterocycles. The molecule has 0 aliphatic carbocycles. The van der Waals surface area contributed by atoms with Crippen molar-refractivity contribution in [3.8, 4) is 5.75 Å². The molecule has 1 rings (SSSR count). The Labute approximate surface area is 105 Å². The van der Waals surface area contributed by atoms with E-state index in [0.717, 1.165) is 0 Å². The summed E-state index contributed by atoms with van der Waals surface area (Å²) in [5.74, 6) is -0.0972. The molecule has 18 heavy (non-hydrogen) atoms. The molecule has 6 nitrogen and oxygen atoms in total. The zero-order valence-corrected chi connectivity index (χ0v) is 10.2. The lowest BCUT2D eigenvalue weighted by Gasteiger charge is -2.09. The first-order valence-electron chi connectivity index (χ1n) is 5.49. The second-order valence-electron chi connectivity index (χ2n) is 3.39. The first-order valence-corrected chi connectivity index (χ1v) is 5.49. The molecule has 1 aromatic rings. The monoisotopic (exact) mass is 255 g/mol. The number of benzene rings is 1. The summed E-state index contributed by atoms with van der Waals surface area (Å²) in [4.78, 5) is 11.7. The molecule has 0 saturated carbocycles. The van der Waals surface area contributed by atoms with Gasteiger partial charge in [0.1, 0.15) is 12.4 Å². The summed E-state index contributed by atoms with van der Waals surface area (Å²) in [7, 11) is 1.48.